The first kappa shape index (κ1) is 18.4. The number of rotatable bonds is 5. The molecule has 3 aromatic heterocycles. The number of methoxy groups -OCH3 is 1. The normalized spacial score (nSPS) is 15.5. The molecule has 1 aromatic carbocycles. The van der Waals surface area contributed by atoms with Crippen LogP contribution in [0.5, 0.6) is 5.88 Å². The number of carboxylic acid groups (broad SMARTS) is 1. The Labute approximate surface area is 171 Å². The van der Waals surface area contributed by atoms with Crippen molar-refractivity contribution in [2.75, 3.05) is 7.11 Å². The molecular weight excluding hydrogens is 384 g/mol. The van der Waals surface area contributed by atoms with Gasteiger partial charge in [-0.1, -0.05) is 5.16 Å². The molecule has 1 unspecified atom stereocenters. The van der Waals surface area contributed by atoms with E-state index in [1.807, 2.05) is 31.2 Å². The maximum absolute atomic E-state index is 11.1. The van der Waals surface area contributed by atoms with Gasteiger partial charge in [0.1, 0.15) is 0 Å². The molecule has 1 aliphatic carbocycles. The fourth-order valence-electron chi connectivity index (χ4n) is 4.25. The van der Waals surface area contributed by atoms with Crippen molar-refractivity contribution in [3.05, 3.63) is 47.3 Å². The van der Waals surface area contributed by atoms with E-state index in [4.69, 9.17) is 14.4 Å². The average molecular weight is 404 g/mol. The highest BCUT2D eigenvalue weighted by Crippen LogP contribution is 2.40. The summed E-state index contributed by atoms with van der Waals surface area (Å²) in [5.74, 6) is 0.719. The Hall–Kier alpha value is -3.68. The molecule has 0 saturated carbocycles. The molecule has 0 spiro atoms. The molecule has 0 amide bonds. The highest BCUT2D eigenvalue weighted by atomic mass is 16.5. The molecule has 5 rings (SSSR count). The summed E-state index contributed by atoms with van der Waals surface area (Å²) < 4.78 is 10.7. The van der Waals surface area contributed by atoms with E-state index in [0.29, 0.717) is 17.6 Å². The predicted molar refractivity (Wildman–Crippen MR) is 109 cm³/mol. The van der Waals surface area contributed by atoms with E-state index in [1.165, 1.54) is 5.56 Å². The number of H-pyrrole nitrogens is 1. The number of carbonyl (C=O) groups is 1. The quantitative estimate of drug-likeness (QED) is 0.515. The maximum Gasteiger partial charge on any atom is 0.304 e. The van der Waals surface area contributed by atoms with Crippen LogP contribution < -0.4 is 4.74 Å². The molecule has 3 heterocycles. The molecule has 0 bridgehead atoms. The number of aromatic amines is 1. The predicted octanol–water partition coefficient (Wildman–Crippen LogP) is 4.10. The maximum atomic E-state index is 11.1. The Morgan fingerprint density at radius 2 is 2.20 bits per heavy atom. The van der Waals surface area contributed by atoms with Gasteiger partial charge in [0, 0.05) is 39.8 Å². The van der Waals surface area contributed by atoms with E-state index in [9.17, 15) is 4.79 Å². The molecule has 0 radical (unpaired) electrons. The summed E-state index contributed by atoms with van der Waals surface area (Å²) in [6.07, 6.45) is 3.51. The van der Waals surface area contributed by atoms with E-state index in [-0.39, 0.29) is 12.3 Å². The van der Waals surface area contributed by atoms with Crippen LogP contribution in [-0.4, -0.2) is 38.3 Å². The highest BCUT2D eigenvalue weighted by molar-refractivity contribution is 5.89. The summed E-state index contributed by atoms with van der Waals surface area (Å²) in [6.45, 7) is 1.91. The molecule has 8 nitrogen and oxygen atoms in total. The third kappa shape index (κ3) is 3.01. The van der Waals surface area contributed by atoms with Crippen molar-refractivity contribution < 1.29 is 19.2 Å². The van der Waals surface area contributed by atoms with E-state index in [2.05, 4.69) is 20.1 Å². The monoisotopic (exact) mass is 404 g/mol. The van der Waals surface area contributed by atoms with Gasteiger partial charge in [-0.15, -0.1) is 0 Å². The van der Waals surface area contributed by atoms with Gasteiger partial charge in [-0.05, 0) is 49.6 Å². The minimum Gasteiger partial charge on any atom is -0.481 e. The van der Waals surface area contributed by atoms with Crippen molar-refractivity contribution in [1.82, 2.24) is 20.1 Å². The molecule has 1 aliphatic rings. The first-order chi connectivity index (χ1) is 14.5. The molecule has 4 aromatic rings. The molecule has 8 heteroatoms. The molecule has 1 atom stereocenters. The van der Waals surface area contributed by atoms with Crippen molar-refractivity contribution in [2.24, 2.45) is 0 Å². The topological polar surface area (TPSA) is 114 Å². The number of ether oxygens (including phenoxy) is 1. The number of aromatic nitrogens is 4. The third-order valence-corrected chi connectivity index (χ3v) is 5.67. The van der Waals surface area contributed by atoms with Gasteiger partial charge in [0.05, 0.1) is 19.1 Å². The second-order valence-corrected chi connectivity index (χ2v) is 7.58. The Bertz CT molecular complexity index is 1270. The van der Waals surface area contributed by atoms with E-state index < -0.39 is 5.97 Å². The molecule has 0 saturated heterocycles. The number of nitrogens with one attached hydrogen (secondary N) is 1. The molecular formula is C22H20N4O4. The fourth-order valence-corrected chi connectivity index (χ4v) is 4.25. The fraction of sp³-hybridized carbons (Fsp3) is 0.273. The van der Waals surface area contributed by atoms with Crippen molar-refractivity contribution in [3.63, 3.8) is 0 Å². The zero-order chi connectivity index (χ0) is 20.8. The second kappa shape index (κ2) is 6.98. The van der Waals surface area contributed by atoms with Crippen LogP contribution in [0.25, 0.3) is 33.7 Å². The minimum atomic E-state index is -0.769. The van der Waals surface area contributed by atoms with Gasteiger partial charge in [-0.2, -0.15) is 4.98 Å². The first-order valence-corrected chi connectivity index (χ1v) is 9.75. The van der Waals surface area contributed by atoms with E-state index >= 15 is 0 Å². The smallest absolute Gasteiger partial charge is 0.304 e. The summed E-state index contributed by atoms with van der Waals surface area (Å²) in [7, 11) is 1.58. The number of pyridine rings is 1. The van der Waals surface area contributed by atoms with Gasteiger partial charge < -0.3 is 19.4 Å². The summed E-state index contributed by atoms with van der Waals surface area (Å²) in [4.78, 5) is 23.4. The Kier molecular flexibility index (Phi) is 4.27. The number of aliphatic carboxylic acids is 1. The largest absolute Gasteiger partial charge is 0.481 e. The molecule has 30 heavy (non-hydrogen) atoms. The number of hydrogen-bond acceptors (Lipinski definition) is 6. The van der Waals surface area contributed by atoms with Crippen LogP contribution in [0.2, 0.25) is 0 Å². The lowest BCUT2D eigenvalue weighted by Crippen LogP contribution is -2.03. The number of benzene rings is 1. The minimum absolute atomic E-state index is 0.0379. The van der Waals surface area contributed by atoms with Crippen LogP contribution in [-0.2, 0) is 11.2 Å². The number of nitrogens with zero attached hydrogens (tertiary/aromatic N) is 3. The lowest BCUT2D eigenvalue weighted by molar-refractivity contribution is -0.137. The molecule has 2 N–H and O–H groups in total. The van der Waals surface area contributed by atoms with Gasteiger partial charge >= 0.3 is 5.97 Å². The van der Waals surface area contributed by atoms with Crippen LogP contribution in [0.1, 0.15) is 35.6 Å². The SMILES string of the molecule is COc1ncc(-c2nc(-c3ccc4[nH]c5c(c4c3)CCC5CC(=O)O)no2)cc1C. The van der Waals surface area contributed by atoms with Crippen LogP contribution in [0.15, 0.2) is 35.0 Å². The van der Waals surface area contributed by atoms with Crippen molar-refractivity contribution in [3.8, 4) is 28.7 Å². The van der Waals surface area contributed by atoms with Crippen LogP contribution in [0.3, 0.4) is 0 Å². The van der Waals surface area contributed by atoms with Crippen molar-refractivity contribution >= 4 is 16.9 Å². The van der Waals surface area contributed by atoms with Gasteiger partial charge in [0.2, 0.25) is 11.7 Å². The average Bonchev–Trinajstić information content (AvgIpc) is 3.43. The van der Waals surface area contributed by atoms with Crippen LogP contribution in [0, 0.1) is 6.92 Å². The zero-order valence-corrected chi connectivity index (χ0v) is 16.6. The first-order valence-electron chi connectivity index (χ1n) is 9.75. The summed E-state index contributed by atoms with van der Waals surface area (Å²) in [6, 6.07) is 7.86. The molecule has 0 fully saturated rings. The van der Waals surface area contributed by atoms with Gasteiger partial charge in [-0.3, -0.25) is 4.79 Å². The Morgan fingerprint density at radius 1 is 1.33 bits per heavy atom. The third-order valence-electron chi connectivity index (χ3n) is 5.67. The van der Waals surface area contributed by atoms with Crippen molar-refractivity contribution in [2.45, 2.75) is 32.1 Å². The Balaban J connectivity index is 1.49. The van der Waals surface area contributed by atoms with Gasteiger partial charge in [0.25, 0.3) is 5.89 Å². The number of hydrogen-bond donors (Lipinski definition) is 2. The zero-order valence-electron chi connectivity index (χ0n) is 16.6. The lowest BCUT2D eigenvalue weighted by atomic mass is 10.0. The summed E-state index contributed by atoms with van der Waals surface area (Å²) in [5.41, 5.74) is 5.69. The lowest BCUT2D eigenvalue weighted by Gasteiger charge is -2.05. The van der Waals surface area contributed by atoms with Crippen molar-refractivity contribution in [1.29, 1.82) is 0 Å². The second-order valence-electron chi connectivity index (χ2n) is 7.58. The summed E-state index contributed by atoms with van der Waals surface area (Å²) in [5, 5.41) is 14.4. The van der Waals surface area contributed by atoms with Gasteiger partial charge in [0.15, 0.2) is 0 Å². The van der Waals surface area contributed by atoms with E-state index in [1.54, 1.807) is 13.3 Å². The standard InChI is InChI=1S/C22H20N4O4/c1-11-7-14(10-23-21(11)29-2)22-25-20(26-30-22)13-4-6-17-16(8-13)15-5-3-12(9-18(27)28)19(15)24-17/h4,6-8,10,12,24H,3,5,9H2,1-2H3,(H,27,28). The highest BCUT2D eigenvalue weighted by Gasteiger charge is 2.28. The number of aryl methyl sites for hydroxylation is 2. The summed E-state index contributed by atoms with van der Waals surface area (Å²) >= 11 is 0. The van der Waals surface area contributed by atoms with Gasteiger partial charge in [-0.25, -0.2) is 4.98 Å². The van der Waals surface area contributed by atoms with Crippen LogP contribution in [0.4, 0.5) is 0 Å². The van der Waals surface area contributed by atoms with E-state index in [0.717, 1.165) is 46.1 Å². The molecule has 0 aliphatic heterocycles. The Morgan fingerprint density at radius 3 is 2.97 bits per heavy atom. The number of fused-ring (bicyclic) bond motifs is 3. The molecule has 152 valence electrons. The van der Waals surface area contributed by atoms with Crippen LogP contribution >= 0.6 is 0 Å². The number of carboxylic acids is 1.